The number of hydrogen-bond acceptors (Lipinski definition) is 2. The van der Waals surface area contributed by atoms with E-state index in [1.165, 1.54) is 32.1 Å². The minimum atomic E-state index is -1.66. The normalized spacial score (nSPS) is 14.2. The average Bonchev–Trinajstić information content (AvgIpc) is 2.20. The summed E-state index contributed by atoms with van der Waals surface area (Å²) >= 11 is 0. The van der Waals surface area contributed by atoms with Gasteiger partial charge in [-0.15, -0.1) is 0 Å². The summed E-state index contributed by atoms with van der Waals surface area (Å²) in [5, 5.41) is 10.1. The van der Waals surface area contributed by atoms with Crippen molar-refractivity contribution in [3.63, 3.8) is 0 Å². The van der Waals surface area contributed by atoms with Gasteiger partial charge in [-0.05, 0) is 39.4 Å². The van der Waals surface area contributed by atoms with Crippen molar-refractivity contribution in [1.29, 1.82) is 0 Å². The van der Waals surface area contributed by atoms with E-state index in [-0.39, 0.29) is 12.2 Å². The Hall–Kier alpha value is 0.137. The van der Waals surface area contributed by atoms with E-state index in [0.717, 1.165) is 18.9 Å². The molecule has 0 saturated heterocycles. The first-order chi connectivity index (χ1) is 8.37. The summed E-state index contributed by atoms with van der Waals surface area (Å²) in [6.45, 7) is 10.8. The molecule has 0 aliphatic rings. The number of rotatable bonds is 11. The molecule has 0 bridgehead atoms. The Morgan fingerprint density at radius 3 is 2.11 bits per heavy atom. The molecule has 0 fully saturated rings. The highest BCUT2D eigenvalue weighted by Gasteiger charge is 2.27. The Morgan fingerprint density at radius 2 is 1.56 bits per heavy atom. The summed E-state index contributed by atoms with van der Waals surface area (Å²) < 4.78 is 5.95. The van der Waals surface area contributed by atoms with Gasteiger partial charge in [0.1, 0.15) is 0 Å². The van der Waals surface area contributed by atoms with Crippen molar-refractivity contribution in [3.05, 3.63) is 0 Å². The quantitative estimate of drug-likeness (QED) is 0.436. The lowest BCUT2D eigenvalue weighted by Crippen LogP contribution is -2.37. The fraction of sp³-hybridized carbons (Fsp3) is 1.00. The van der Waals surface area contributed by atoms with Crippen molar-refractivity contribution < 1.29 is 9.53 Å². The summed E-state index contributed by atoms with van der Waals surface area (Å²) in [5.74, 6) is 0. The van der Waals surface area contributed by atoms with Crippen LogP contribution in [0, 0.1) is 0 Å². The second kappa shape index (κ2) is 9.99. The Morgan fingerprint density at radius 1 is 1.00 bits per heavy atom. The molecule has 0 amide bonds. The summed E-state index contributed by atoms with van der Waals surface area (Å²) in [4.78, 5) is 0. The molecule has 0 heterocycles. The van der Waals surface area contributed by atoms with Crippen LogP contribution < -0.4 is 0 Å². The van der Waals surface area contributed by atoms with Crippen LogP contribution in [0.25, 0.3) is 0 Å². The fourth-order valence-corrected chi connectivity index (χ4v) is 5.23. The first-order valence-electron chi connectivity index (χ1n) is 7.73. The van der Waals surface area contributed by atoms with Gasteiger partial charge in [-0.3, -0.25) is 0 Å². The van der Waals surface area contributed by atoms with Crippen molar-refractivity contribution in [2.24, 2.45) is 0 Å². The zero-order valence-electron chi connectivity index (χ0n) is 13.2. The predicted octanol–water partition coefficient (Wildman–Crippen LogP) is 4.73. The second-order valence-electron chi connectivity index (χ2n) is 6.34. The molecule has 0 aromatic heterocycles. The Balaban J connectivity index is 3.60. The predicted molar refractivity (Wildman–Crippen MR) is 82.5 cm³/mol. The Bertz CT molecular complexity index is 193. The molecule has 1 unspecified atom stereocenters. The highest BCUT2D eigenvalue weighted by Crippen LogP contribution is 2.19. The SMILES string of the molecule is CCCCCCCCC(O)C[Si](C)(C)OC(C)C. The molecule has 18 heavy (non-hydrogen) atoms. The topological polar surface area (TPSA) is 29.5 Å². The van der Waals surface area contributed by atoms with Crippen molar-refractivity contribution in [1.82, 2.24) is 0 Å². The smallest absolute Gasteiger partial charge is 0.189 e. The standard InChI is InChI=1S/C15H34O2Si/c1-6-7-8-9-10-11-12-15(16)13-18(4,5)17-14(2)3/h14-16H,6-13H2,1-5H3. The van der Waals surface area contributed by atoms with Gasteiger partial charge in [-0.25, -0.2) is 0 Å². The van der Waals surface area contributed by atoms with E-state index < -0.39 is 8.32 Å². The number of aliphatic hydroxyl groups is 1. The Kier molecular flexibility index (Phi) is 10.1. The van der Waals surface area contributed by atoms with Crippen molar-refractivity contribution >= 4 is 8.32 Å². The molecular weight excluding hydrogens is 240 g/mol. The third-order valence-electron chi connectivity index (χ3n) is 3.17. The molecule has 0 aromatic carbocycles. The van der Waals surface area contributed by atoms with Gasteiger partial charge >= 0.3 is 0 Å². The molecule has 0 aliphatic heterocycles. The summed E-state index contributed by atoms with van der Waals surface area (Å²) in [7, 11) is -1.66. The molecule has 0 spiro atoms. The zero-order chi connectivity index (χ0) is 14.0. The minimum absolute atomic E-state index is 0.156. The maximum absolute atomic E-state index is 10.1. The van der Waals surface area contributed by atoms with Gasteiger partial charge < -0.3 is 9.53 Å². The van der Waals surface area contributed by atoms with E-state index in [1.54, 1.807) is 0 Å². The molecule has 110 valence electrons. The van der Waals surface area contributed by atoms with Crippen LogP contribution in [-0.4, -0.2) is 25.6 Å². The third-order valence-corrected chi connectivity index (χ3v) is 5.74. The van der Waals surface area contributed by atoms with Crippen LogP contribution in [0.3, 0.4) is 0 Å². The maximum atomic E-state index is 10.1. The molecular formula is C15H34O2Si. The monoisotopic (exact) mass is 274 g/mol. The first-order valence-corrected chi connectivity index (χ1v) is 10.8. The maximum Gasteiger partial charge on any atom is 0.189 e. The van der Waals surface area contributed by atoms with E-state index >= 15 is 0 Å². The van der Waals surface area contributed by atoms with Gasteiger partial charge in [0.2, 0.25) is 0 Å². The summed E-state index contributed by atoms with van der Waals surface area (Å²) in [6.07, 6.45) is 8.84. The highest BCUT2D eigenvalue weighted by atomic mass is 28.4. The van der Waals surface area contributed by atoms with Crippen molar-refractivity contribution in [2.45, 2.75) is 97.1 Å². The van der Waals surface area contributed by atoms with Gasteiger partial charge in [0.15, 0.2) is 8.32 Å². The lowest BCUT2D eigenvalue weighted by atomic mass is 10.1. The molecule has 0 rings (SSSR count). The zero-order valence-corrected chi connectivity index (χ0v) is 14.2. The number of aliphatic hydroxyl groups excluding tert-OH is 1. The van der Waals surface area contributed by atoms with E-state index in [1.807, 2.05) is 0 Å². The van der Waals surface area contributed by atoms with Crippen molar-refractivity contribution in [2.75, 3.05) is 0 Å². The lowest BCUT2D eigenvalue weighted by Gasteiger charge is -2.27. The van der Waals surface area contributed by atoms with Gasteiger partial charge in [0.05, 0.1) is 6.10 Å². The summed E-state index contributed by atoms with van der Waals surface area (Å²) in [5.41, 5.74) is 0. The van der Waals surface area contributed by atoms with Gasteiger partial charge in [-0.2, -0.15) is 0 Å². The molecule has 2 nitrogen and oxygen atoms in total. The van der Waals surface area contributed by atoms with Crippen LogP contribution in [0.4, 0.5) is 0 Å². The number of hydrogen-bond donors (Lipinski definition) is 1. The highest BCUT2D eigenvalue weighted by molar-refractivity contribution is 6.71. The van der Waals surface area contributed by atoms with Gasteiger partial charge in [0.25, 0.3) is 0 Å². The van der Waals surface area contributed by atoms with Crippen LogP contribution in [0.5, 0.6) is 0 Å². The van der Waals surface area contributed by atoms with Crippen LogP contribution in [-0.2, 0) is 4.43 Å². The van der Waals surface area contributed by atoms with E-state index in [9.17, 15) is 5.11 Å². The Labute approximate surface area is 115 Å². The number of unbranched alkanes of at least 4 members (excludes halogenated alkanes) is 5. The molecule has 3 heteroatoms. The molecule has 0 saturated carbocycles. The molecule has 0 aliphatic carbocycles. The van der Waals surface area contributed by atoms with Crippen LogP contribution in [0.2, 0.25) is 19.1 Å². The minimum Gasteiger partial charge on any atom is -0.415 e. The fourth-order valence-electron chi connectivity index (χ4n) is 2.52. The van der Waals surface area contributed by atoms with Crippen LogP contribution >= 0.6 is 0 Å². The first kappa shape index (κ1) is 18.1. The molecule has 0 radical (unpaired) electrons. The third kappa shape index (κ3) is 11.2. The summed E-state index contributed by atoms with van der Waals surface area (Å²) in [6, 6.07) is 0.875. The average molecular weight is 275 g/mol. The largest absolute Gasteiger partial charge is 0.415 e. The van der Waals surface area contributed by atoms with Gasteiger partial charge in [0, 0.05) is 6.10 Å². The van der Waals surface area contributed by atoms with Crippen LogP contribution in [0.1, 0.15) is 65.7 Å². The van der Waals surface area contributed by atoms with Crippen LogP contribution in [0.15, 0.2) is 0 Å². The second-order valence-corrected chi connectivity index (χ2v) is 10.5. The van der Waals surface area contributed by atoms with E-state index in [0.29, 0.717) is 0 Å². The molecule has 1 atom stereocenters. The lowest BCUT2D eigenvalue weighted by molar-refractivity contribution is 0.162. The van der Waals surface area contributed by atoms with Crippen molar-refractivity contribution in [3.8, 4) is 0 Å². The van der Waals surface area contributed by atoms with E-state index in [2.05, 4.69) is 33.9 Å². The molecule has 0 aromatic rings. The van der Waals surface area contributed by atoms with E-state index in [4.69, 9.17) is 4.43 Å². The molecule has 1 N–H and O–H groups in total. The van der Waals surface area contributed by atoms with Gasteiger partial charge in [-0.1, -0.05) is 45.4 Å².